The van der Waals surface area contributed by atoms with Crippen molar-refractivity contribution in [3.8, 4) is 0 Å². The van der Waals surface area contributed by atoms with Crippen LogP contribution in [0.2, 0.25) is 0 Å². The molecule has 0 bridgehead atoms. The van der Waals surface area contributed by atoms with Crippen molar-refractivity contribution in [2.24, 2.45) is 5.92 Å². The van der Waals surface area contributed by atoms with Gasteiger partial charge in [-0.2, -0.15) is 0 Å². The Balaban J connectivity index is 1.47. The van der Waals surface area contributed by atoms with Crippen molar-refractivity contribution in [3.05, 3.63) is 35.9 Å². The second kappa shape index (κ2) is 7.82. The van der Waals surface area contributed by atoms with Crippen LogP contribution in [-0.4, -0.2) is 47.8 Å². The zero-order valence-electron chi connectivity index (χ0n) is 14.6. The van der Waals surface area contributed by atoms with Crippen molar-refractivity contribution in [1.82, 2.24) is 9.80 Å². The van der Waals surface area contributed by atoms with E-state index in [0.717, 1.165) is 12.8 Å². The highest BCUT2D eigenvalue weighted by atomic mass is 16.2. The predicted octanol–water partition coefficient (Wildman–Crippen LogP) is 3.04. The Labute approximate surface area is 144 Å². The number of amides is 2. The number of carbonyl (C=O) groups is 2. The molecule has 1 aromatic carbocycles. The fourth-order valence-corrected chi connectivity index (χ4v) is 3.90. The summed E-state index contributed by atoms with van der Waals surface area (Å²) < 4.78 is 0. The highest BCUT2D eigenvalue weighted by molar-refractivity contribution is 5.80. The Morgan fingerprint density at radius 2 is 1.58 bits per heavy atom. The van der Waals surface area contributed by atoms with Crippen molar-refractivity contribution >= 4 is 11.8 Å². The molecule has 1 heterocycles. The molecule has 1 aliphatic carbocycles. The number of carbonyl (C=O) groups excluding carboxylic acids is 2. The third-order valence-corrected chi connectivity index (χ3v) is 5.50. The molecule has 130 valence electrons. The molecular weight excluding hydrogens is 300 g/mol. The quantitative estimate of drug-likeness (QED) is 0.852. The van der Waals surface area contributed by atoms with Gasteiger partial charge in [0.1, 0.15) is 0 Å². The Morgan fingerprint density at radius 3 is 2.21 bits per heavy atom. The minimum Gasteiger partial charge on any atom is -0.339 e. The normalized spacial score (nSPS) is 20.2. The lowest BCUT2D eigenvalue weighted by Crippen LogP contribution is -2.51. The van der Waals surface area contributed by atoms with E-state index in [4.69, 9.17) is 0 Å². The summed E-state index contributed by atoms with van der Waals surface area (Å²) in [6.45, 7) is 4.85. The molecule has 0 spiro atoms. The van der Waals surface area contributed by atoms with Crippen molar-refractivity contribution in [3.63, 3.8) is 0 Å². The second-order valence-corrected chi connectivity index (χ2v) is 7.20. The number of benzene rings is 1. The monoisotopic (exact) mass is 328 g/mol. The molecule has 1 saturated heterocycles. The molecule has 1 unspecified atom stereocenters. The Hall–Kier alpha value is -1.84. The number of rotatable bonds is 4. The fourth-order valence-electron chi connectivity index (χ4n) is 3.90. The van der Waals surface area contributed by atoms with E-state index >= 15 is 0 Å². The van der Waals surface area contributed by atoms with E-state index in [2.05, 4.69) is 19.1 Å². The van der Waals surface area contributed by atoms with E-state index < -0.39 is 0 Å². The maximum Gasteiger partial charge on any atom is 0.225 e. The van der Waals surface area contributed by atoms with Gasteiger partial charge < -0.3 is 9.80 Å². The third kappa shape index (κ3) is 3.97. The van der Waals surface area contributed by atoms with E-state index in [-0.39, 0.29) is 17.7 Å². The van der Waals surface area contributed by atoms with Gasteiger partial charge in [0, 0.05) is 38.5 Å². The SMILES string of the molecule is CC(CC(=O)N1CCN(C(=O)C2CCCC2)CC1)c1ccccc1. The number of hydrogen-bond acceptors (Lipinski definition) is 2. The topological polar surface area (TPSA) is 40.6 Å². The maximum absolute atomic E-state index is 12.5. The van der Waals surface area contributed by atoms with Gasteiger partial charge >= 0.3 is 0 Å². The molecule has 2 amide bonds. The van der Waals surface area contributed by atoms with Crippen LogP contribution in [0.5, 0.6) is 0 Å². The van der Waals surface area contributed by atoms with Crippen LogP contribution < -0.4 is 0 Å². The minimum atomic E-state index is 0.208. The van der Waals surface area contributed by atoms with Gasteiger partial charge in [-0.05, 0) is 24.3 Å². The molecule has 0 radical (unpaired) electrons. The highest BCUT2D eigenvalue weighted by Crippen LogP contribution is 2.27. The van der Waals surface area contributed by atoms with Crippen molar-refractivity contribution < 1.29 is 9.59 Å². The number of nitrogens with zero attached hydrogens (tertiary/aromatic N) is 2. The lowest BCUT2D eigenvalue weighted by atomic mass is 9.97. The third-order valence-electron chi connectivity index (χ3n) is 5.50. The summed E-state index contributed by atoms with van der Waals surface area (Å²) in [6.07, 6.45) is 5.01. The van der Waals surface area contributed by atoms with Crippen molar-refractivity contribution in [2.45, 2.75) is 44.9 Å². The Kier molecular flexibility index (Phi) is 5.54. The summed E-state index contributed by atoms with van der Waals surface area (Å²) in [5.74, 6) is 0.999. The number of piperazine rings is 1. The lowest BCUT2D eigenvalue weighted by Gasteiger charge is -2.36. The van der Waals surface area contributed by atoms with Gasteiger partial charge in [0.25, 0.3) is 0 Å². The summed E-state index contributed by atoms with van der Waals surface area (Å²) in [4.78, 5) is 28.9. The van der Waals surface area contributed by atoms with Crippen molar-refractivity contribution in [1.29, 1.82) is 0 Å². The first kappa shape index (κ1) is 17.0. The van der Waals surface area contributed by atoms with Crippen LogP contribution in [0.15, 0.2) is 30.3 Å². The molecule has 1 aromatic rings. The molecule has 0 N–H and O–H groups in total. The van der Waals surface area contributed by atoms with Crippen molar-refractivity contribution in [2.75, 3.05) is 26.2 Å². The van der Waals surface area contributed by atoms with Crippen LogP contribution in [0.4, 0.5) is 0 Å². The van der Waals surface area contributed by atoms with Gasteiger partial charge in [-0.1, -0.05) is 50.1 Å². The average molecular weight is 328 g/mol. The van der Waals surface area contributed by atoms with Gasteiger partial charge in [0.15, 0.2) is 0 Å². The fraction of sp³-hybridized carbons (Fsp3) is 0.600. The van der Waals surface area contributed by atoms with Crippen LogP contribution >= 0.6 is 0 Å². The molecule has 1 aliphatic heterocycles. The molecule has 3 rings (SSSR count). The van der Waals surface area contributed by atoms with Crippen LogP contribution in [-0.2, 0) is 9.59 Å². The maximum atomic E-state index is 12.5. The molecule has 4 heteroatoms. The molecule has 2 aliphatic rings. The minimum absolute atomic E-state index is 0.208. The van der Waals surface area contributed by atoms with Crippen LogP contribution in [0.1, 0.15) is 50.5 Å². The summed E-state index contributed by atoms with van der Waals surface area (Å²) in [5, 5.41) is 0. The number of hydrogen-bond donors (Lipinski definition) is 0. The molecule has 2 fully saturated rings. The average Bonchev–Trinajstić information content (AvgIpc) is 3.16. The first-order valence-electron chi connectivity index (χ1n) is 9.26. The van der Waals surface area contributed by atoms with E-state index in [1.54, 1.807) is 0 Å². The molecule has 4 nitrogen and oxygen atoms in total. The van der Waals surface area contributed by atoms with Crippen LogP contribution in [0, 0.1) is 5.92 Å². The summed E-state index contributed by atoms with van der Waals surface area (Å²) in [5.41, 5.74) is 1.21. The largest absolute Gasteiger partial charge is 0.339 e. The summed E-state index contributed by atoms with van der Waals surface area (Å²) in [6, 6.07) is 10.2. The molecule has 1 atom stereocenters. The Morgan fingerprint density at radius 1 is 1.00 bits per heavy atom. The zero-order valence-corrected chi connectivity index (χ0v) is 14.6. The standard InChI is InChI=1S/C20H28N2O2/c1-16(17-7-3-2-4-8-17)15-19(23)21-11-13-22(14-12-21)20(24)18-9-5-6-10-18/h2-4,7-8,16,18H,5-6,9-15H2,1H3. The van der Waals surface area contributed by atoms with Crippen LogP contribution in [0.25, 0.3) is 0 Å². The van der Waals surface area contributed by atoms with Crippen LogP contribution in [0.3, 0.4) is 0 Å². The molecule has 0 aromatic heterocycles. The predicted molar refractivity (Wildman–Crippen MR) is 94.6 cm³/mol. The van der Waals surface area contributed by atoms with Gasteiger partial charge in [0.05, 0.1) is 0 Å². The first-order chi connectivity index (χ1) is 11.6. The first-order valence-corrected chi connectivity index (χ1v) is 9.26. The van der Waals surface area contributed by atoms with Gasteiger partial charge in [0.2, 0.25) is 11.8 Å². The zero-order chi connectivity index (χ0) is 16.9. The molecular formula is C20H28N2O2. The van der Waals surface area contributed by atoms with E-state index in [9.17, 15) is 9.59 Å². The lowest BCUT2D eigenvalue weighted by molar-refractivity contribution is -0.142. The Bertz CT molecular complexity index is 558. The van der Waals surface area contributed by atoms with Gasteiger partial charge in [-0.25, -0.2) is 0 Å². The summed E-state index contributed by atoms with van der Waals surface area (Å²) >= 11 is 0. The van der Waals surface area contributed by atoms with E-state index in [1.807, 2.05) is 28.0 Å². The molecule has 1 saturated carbocycles. The van der Waals surface area contributed by atoms with E-state index in [0.29, 0.717) is 38.5 Å². The molecule has 24 heavy (non-hydrogen) atoms. The highest BCUT2D eigenvalue weighted by Gasteiger charge is 2.30. The summed E-state index contributed by atoms with van der Waals surface area (Å²) in [7, 11) is 0. The second-order valence-electron chi connectivity index (χ2n) is 7.20. The van der Waals surface area contributed by atoms with Gasteiger partial charge in [-0.3, -0.25) is 9.59 Å². The van der Waals surface area contributed by atoms with E-state index in [1.165, 1.54) is 18.4 Å². The smallest absolute Gasteiger partial charge is 0.225 e. The van der Waals surface area contributed by atoms with Gasteiger partial charge in [-0.15, -0.1) is 0 Å².